The summed E-state index contributed by atoms with van der Waals surface area (Å²) in [5.74, 6) is 0.718. The molecule has 2 heteroatoms. The first kappa shape index (κ1) is 20.9. The molecule has 0 saturated carbocycles. The zero-order valence-corrected chi connectivity index (χ0v) is 15.3. The minimum atomic E-state index is -0.497. The molecule has 0 spiro atoms. The molecule has 0 saturated heterocycles. The van der Waals surface area contributed by atoms with Gasteiger partial charge in [0.1, 0.15) is 0 Å². The molecule has 0 aromatic heterocycles. The summed E-state index contributed by atoms with van der Waals surface area (Å²) in [4.78, 5) is 0. The van der Waals surface area contributed by atoms with Crippen molar-refractivity contribution >= 4 is 0 Å². The highest BCUT2D eigenvalue weighted by atomic mass is 19.1. The highest BCUT2D eigenvalue weighted by molar-refractivity contribution is 5.37. The van der Waals surface area contributed by atoms with Crippen molar-refractivity contribution in [1.29, 1.82) is 0 Å². The predicted molar refractivity (Wildman–Crippen MR) is 94.9 cm³/mol. The molecule has 128 valence electrons. The Hall–Kier alpha value is -1.05. The first-order valence-corrected chi connectivity index (χ1v) is 9.04. The molecule has 0 aliphatic carbocycles. The molecule has 1 rings (SSSR count). The van der Waals surface area contributed by atoms with E-state index in [4.69, 9.17) is 0 Å². The Morgan fingerprint density at radius 2 is 1.64 bits per heavy atom. The molecule has 3 atom stereocenters. The summed E-state index contributed by atoms with van der Waals surface area (Å²) < 4.78 is 13.7. The van der Waals surface area contributed by atoms with Gasteiger partial charge in [0.25, 0.3) is 0 Å². The first-order chi connectivity index (χ1) is 10.6. The van der Waals surface area contributed by atoms with Gasteiger partial charge in [-0.15, -0.1) is 0 Å². The zero-order chi connectivity index (χ0) is 17.1. The molecule has 0 fully saturated rings. The van der Waals surface area contributed by atoms with E-state index < -0.39 is 5.82 Å². The topological polar surface area (TPSA) is 20.2 Å². The van der Waals surface area contributed by atoms with Crippen LogP contribution in [-0.2, 0) is 0 Å². The van der Waals surface area contributed by atoms with E-state index in [1.807, 2.05) is 19.9 Å². The summed E-state index contributed by atoms with van der Waals surface area (Å²) in [6, 6.07) is 4.94. The number of phenols is 1. The van der Waals surface area contributed by atoms with Crippen molar-refractivity contribution in [2.24, 2.45) is 11.8 Å². The Balaban J connectivity index is 0.00000211. The third-order valence-corrected chi connectivity index (χ3v) is 4.53. The van der Waals surface area contributed by atoms with Gasteiger partial charge in [-0.3, -0.25) is 0 Å². The van der Waals surface area contributed by atoms with Crippen molar-refractivity contribution in [3.8, 4) is 5.75 Å². The Morgan fingerprint density at radius 1 is 1.05 bits per heavy atom. The van der Waals surface area contributed by atoms with Gasteiger partial charge in [-0.1, -0.05) is 72.9 Å². The lowest BCUT2D eigenvalue weighted by Crippen LogP contribution is -2.20. The molecule has 3 unspecified atom stereocenters. The zero-order valence-electron chi connectivity index (χ0n) is 15.3. The van der Waals surface area contributed by atoms with Crippen LogP contribution in [-0.4, -0.2) is 5.11 Å². The summed E-state index contributed by atoms with van der Waals surface area (Å²) >= 11 is 0. The predicted octanol–water partition coefficient (Wildman–Crippen LogP) is 6.90. The summed E-state index contributed by atoms with van der Waals surface area (Å²) in [5.41, 5.74) is 0.797. The monoisotopic (exact) mass is 310 g/mol. The molecule has 1 aromatic rings. The average Bonchev–Trinajstić information content (AvgIpc) is 2.55. The van der Waals surface area contributed by atoms with E-state index in [0.29, 0.717) is 11.8 Å². The molecule has 0 bridgehead atoms. The number of hydrogen-bond donors (Lipinski definition) is 1. The lowest BCUT2D eigenvalue weighted by molar-refractivity contribution is 0.255. The van der Waals surface area contributed by atoms with Crippen LogP contribution in [0, 0.1) is 17.7 Å². The van der Waals surface area contributed by atoms with Crippen molar-refractivity contribution < 1.29 is 9.50 Å². The van der Waals surface area contributed by atoms with Crippen LogP contribution < -0.4 is 0 Å². The SMILES string of the molecule is CC.CCCC(c1cccc(F)c1O)C(CCC)C(C)CC. The van der Waals surface area contributed by atoms with E-state index in [9.17, 15) is 9.50 Å². The van der Waals surface area contributed by atoms with E-state index in [1.165, 1.54) is 6.07 Å². The normalized spacial score (nSPS) is 14.7. The Bertz CT molecular complexity index is 403. The van der Waals surface area contributed by atoms with Gasteiger partial charge in [0, 0.05) is 5.56 Å². The molecular formula is C20H35FO. The van der Waals surface area contributed by atoms with Crippen LogP contribution in [0.15, 0.2) is 18.2 Å². The van der Waals surface area contributed by atoms with Crippen molar-refractivity contribution in [3.63, 3.8) is 0 Å². The van der Waals surface area contributed by atoms with E-state index >= 15 is 0 Å². The Kier molecular flexibility index (Phi) is 11.0. The first-order valence-electron chi connectivity index (χ1n) is 9.04. The largest absolute Gasteiger partial charge is 0.505 e. The molecule has 1 aromatic carbocycles. The number of benzene rings is 1. The number of para-hydroxylation sites is 1. The smallest absolute Gasteiger partial charge is 0.165 e. The van der Waals surface area contributed by atoms with Crippen molar-refractivity contribution in [2.45, 2.75) is 79.6 Å². The van der Waals surface area contributed by atoms with Gasteiger partial charge in [0.2, 0.25) is 0 Å². The van der Waals surface area contributed by atoms with Crippen molar-refractivity contribution in [2.75, 3.05) is 0 Å². The summed E-state index contributed by atoms with van der Waals surface area (Å²) in [5, 5.41) is 10.1. The maximum absolute atomic E-state index is 13.7. The van der Waals surface area contributed by atoms with Gasteiger partial charge in [0.05, 0.1) is 0 Å². The van der Waals surface area contributed by atoms with Crippen LogP contribution in [0.25, 0.3) is 0 Å². The van der Waals surface area contributed by atoms with Crippen LogP contribution in [0.4, 0.5) is 4.39 Å². The van der Waals surface area contributed by atoms with E-state index in [1.54, 1.807) is 6.07 Å². The van der Waals surface area contributed by atoms with Gasteiger partial charge in [-0.25, -0.2) is 4.39 Å². The third kappa shape index (κ3) is 5.62. The second-order valence-corrected chi connectivity index (χ2v) is 5.91. The van der Waals surface area contributed by atoms with Gasteiger partial charge in [-0.2, -0.15) is 0 Å². The molecule has 1 nitrogen and oxygen atoms in total. The fraction of sp³-hybridized carbons (Fsp3) is 0.700. The number of hydrogen-bond acceptors (Lipinski definition) is 1. The minimum Gasteiger partial charge on any atom is -0.505 e. The maximum Gasteiger partial charge on any atom is 0.165 e. The van der Waals surface area contributed by atoms with Crippen LogP contribution in [0.1, 0.15) is 85.1 Å². The minimum absolute atomic E-state index is 0.143. The van der Waals surface area contributed by atoms with Gasteiger partial charge < -0.3 is 5.11 Å². The van der Waals surface area contributed by atoms with Crippen molar-refractivity contribution in [1.82, 2.24) is 0 Å². The molecule has 1 N–H and O–H groups in total. The molecule has 0 aliphatic rings. The Morgan fingerprint density at radius 3 is 2.14 bits per heavy atom. The molecular weight excluding hydrogens is 275 g/mol. The third-order valence-electron chi connectivity index (χ3n) is 4.53. The van der Waals surface area contributed by atoms with Crippen LogP contribution in [0.3, 0.4) is 0 Å². The highest BCUT2D eigenvalue weighted by Gasteiger charge is 2.28. The number of phenolic OH excluding ortho intramolecular Hbond substituents is 1. The molecule has 0 amide bonds. The van der Waals surface area contributed by atoms with E-state index in [2.05, 4.69) is 27.7 Å². The average molecular weight is 310 g/mol. The maximum atomic E-state index is 13.7. The van der Waals surface area contributed by atoms with Gasteiger partial charge in [0.15, 0.2) is 11.6 Å². The quantitative estimate of drug-likeness (QED) is 0.553. The fourth-order valence-electron chi connectivity index (χ4n) is 3.26. The summed E-state index contributed by atoms with van der Waals surface area (Å²) in [6.45, 7) is 12.8. The molecule has 0 heterocycles. The highest BCUT2D eigenvalue weighted by Crippen LogP contribution is 2.42. The number of aromatic hydroxyl groups is 1. The number of halogens is 1. The van der Waals surface area contributed by atoms with Crippen LogP contribution in [0.2, 0.25) is 0 Å². The molecule has 0 aliphatic heterocycles. The number of rotatable bonds is 8. The van der Waals surface area contributed by atoms with Gasteiger partial charge in [-0.05, 0) is 36.7 Å². The lowest BCUT2D eigenvalue weighted by Gasteiger charge is -2.32. The van der Waals surface area contributed by atoms with Gasteiger partial charge >= 0.3 is 0 Å². The molecule has 22 heavy (non-hydrogen) atoms. The van der Waals surface area contributed by atoms with Crippen molar-refractivity contribution in [3.05, 3.63) is 29.6 Å². The van der Waals surface area contributed by atoms with E-state index in [-0.39, 0.29) is 11.7 Å². The second kappa shape index (κ2) is 11.5. The Labute approximate surface area is 137 Å². The summed E-state index contributed by atoms with van der Waals surface area (Å²) in [7, 11) is 0. The second-order valence-electron chi connectivity index (χ2n) is 5.91. The van der Waals surface area contributed by atoms with E-state index in [0.717, 1.165) is 37.7 Å². The lowest BCUT2D eigenvalue weighted by atomic mass is 9.73. The standard InChI is InChI=1S/C18H29FO.C2H6/c1-5-9-14(13(4)7-3)15(10-6-2)16-11-8-12-17(19)18(16)20;1-2/h8,11-15,20H,5-7,9-10H2,1-4H3;1-2H3. The van der Waals surface area contributed by atoms with Crippen LogP contribution >= 0.6 is 0 Å². The van der Waals surface area contributed by atoms with Crippen LogP contribution in [0.5, 0.6) is 5.75 Å². The molecule has 0 radical (unpaired) electrons. The summed E-state index contributed by atoms with van der Waals surface area (Å²) in [6.07, 6.45) is 5.45. The fourth-order valence-corrected chi connectivity index (χ4v) is 3.26.